The van der Waals surface area contributed by atoms with Crippen molar-refractivity contribution in [2.24, 2.45) is 0 Å². The fourth-order valence-electron chi connectivity index (χ4n) is 5.01. The quantitative estimate of drug-likeness (QED) is 0.256. The summed E-state index contributed by atoms with van der Waals surface area (Å²) in [5.41, 5.74) is 1.63. The van der Waals surface area contributed by atoms with E-state index in [4.69, 9.17) is 34.8 Å². The summed E-state index contributed by atoms with van der Waals surface area (Å²) in [6, 6.07) is 16.8. The molecule has 0 radical (unpaired) electrons. The van der Waals surface area contributed by atoms with Crippen LogP contribution in [0.3, 0.4) is 0 Å². The Balaban J connectivity index is 1.71. The molecule has 0 aromatic heterocycles. The second kappa shape index (κ2) is 14.1. The van der Waals surface area contributed by atoms with Gasteiger partial charge in [-0.1, -0.05) is 90.0 Å². The molecule has 1 aliphatic carbocycles. The van der Waals surface area contributed by atoms with Gasteiger partial charge in [0.15, 0.2) is 0 Å². The van der Waals surface area contributed by atoms with Gasteiger partial charge in [0.2, 0.25) is 11.8 Å². The molecular weight excluding hydrogens is 617 g/mol. The Morgan fingerprint density at radius 1 is 0.929 bits per heavy atom. The maximum Gasteiger partial charge on any atom is 0.264 e. The van der Waals surface area contributed by atoms with E-state index in [1.165, 1.54) is 35.2 Å². The summed E-state index contributed by atoms with van der Waals surface area (Å²) in [6.07, 6.45) is 4.98. The third-order valence-electron chi connectivity index (χ3n) is 7.44. The number of amides is 2. The van der Waals surface area contributed by atoms with Gasteiger partial charge in [0.1, 0.15) is 12.6 Å². The average molecular weight is 651 g/mol. The van der Waals surface area contributed by atoms with Crippen molar-refractivity contribution in [3.63, 3.8) is 0 Å². The number of sulfonamides is 1. The number of rotatable bonds is 10. The smallest absolute Gasteiger partial charge is 0.264 e. The molecule has 1 N–H and O–H groups in total. The maximum absolute atomic E-state index is 14.1. The minimum absolute atomic E-state index is 0.00209. The fraction of sp³-hybridized carbons (Fsp3) is 0.355. The summed E-state index contributed by atoms with van der Waals surface area (Å²) in [4.78, 5) is 28.9. The zero-order valence-corrected chi connectivity index (χ0v) is 26.6. The van der Waals surface area contributed by atoms with Crippen LogP contribution in [0.15, 0.2) is 71.6 Å². The van der Waals surface area contributed by atoms with Crippen molar-refractivity contribution < 1.29 is 18.0 Å². The molecule has 1 unspecified atom stereocenters. The van der Waals surface area contributed by atoms with Crippen LogP contribution >= 0.6 is 34.8 Å². The lowest BCUT2D eigenvalue weighted by molar-refractivity contribution is -0.139. The van der Waals surface area contributed by atoms with Gasteiger partial charge in [0, 0.05) is 27.7 Å². The molecule has 11 heteroatoms. The van der Waals surface area contributed by atoms with Gasteiger partial charge in [-0.05, 0) is 68.7 Å². The normalized spacial score (nSPS) is 14.7. The Labute approximate surface area is 262 Å². The molecule has 0 saturated heterocycles. The average Bonchev–Trinajstić information content (AvgIpc) is 2.95. The van der Waals surface area contributed by atoms with E-state index in [9.17, 15) is 18.0 Å². The Bertz CT molecular complexity index is 1510. The molecular formula is C31H34Cl3N3O4S. The second-order valence-corrected chi connectivity index (χ2v) is 13.7. The van der Waals surface area contributed by atoms with Crippen LogP contribution in [0.5, 0.6) is 0 Å². The van der Waals surface area contributed by atoms with Crippen LogP contribution in [0, 0.1) is 6.92 Å². The summed E-state index contributed by atoms with van der Waals surface area (Å²) in [7, 11) is -4.24. The highest BCUT2D eigenvalue weighted by molar-refractivity contribution is 7.92. The number of hydrogen-bond acceptors (Lipinski definition) is 4. The molecule has 0 spiro atoms. The molecule has 3 aromatic rings. The zero-order chi connectivity index (χ0) is 30.4. The SMILES string of the molecule is Cc1ccc(S(=O)(=O)N(CC(=O)N(Cc2ccccc2Cl)C(C)C(=O)NC2CCCCC2)c2cc(Cl)cc(Cl)c2)cc1. The summed E-state index contributed by atoms with van der Waals surface area (Å²) in [5, 5.41) is 3.94. The van der Waals surface area contributed by atoms with E-state index in [1.54, 1.807) is 43.3 Å². The van der Waals surface area contributed by atoms with Crippen molar-refractivity contribution in [1.29, 1.82) is 0 Å². The van der Waals surface area contributed by atoms with Gasteiger partial charge in [-0.2, -0.15) is 0 Å². The lowest BCUT2D eigenvalue weighted by Crippen LogP contribution is -2.53. The lowest BCUT2D eigenvalue weighted by Gasteiger charge is -2.33. The van der Waals surface area contributed by atoms with Gasteiger partial charge in [-0.25, -0.2) is 8.42 Å². The number of anilines is 1. The van der Waals surface area contributed by atoms with Crippen LogP contribution in [0.4, 0.5) is 5.69 Å². The summed E-state index contributed by atoms with van der Waals surface area (Å²) < 4.78 is 28.9. The molecule has 0 aliphatic heterocycles. The van der Waals surface area contributed by atoms with Gasteiger partial charge < -0.3 is 10.2 Å². The first-order chi connectivity index (χ1) is 20.0. The number of aryl methyl sites for hydroxylation is 1. The minimum Gasteiger partial charge on any atom is -0.352 e. The monoisotopic (exact) mass is 649 g/mol. The summed E-state index contributed by atoms with van der Waals surface area (Å²) >= 11 is 18.9. The number of hydrogen-bond donors (Lipinski definition) is 1. The Morgan fingerprint density at radius 2 is 1.55 bits per heavy atom. The van der Waals surface area contributed by atoms with Gasteiger partial charge in [-0.15, -0.1) is 0 Å². The van der Waals surface area contributed by atoms with Crippen LogP contribution in [-0.2, 0) is 26.2 Å². The van der Waals surface area contributed by atoms with E-state index in [2.05, 4.69) is 5.32 Å². The van der Waals surface area contributed by atoms with Crippen molar-refractivity contribution in [2.75, 3.05) is 10.8 Å². The molecule has 1 saturated carbocycles. The van der Waals surface area contributed by atoms with Crippen molar-refractivity contribution >= 4 is 62.3 Å². The van der Waals surface area contributed by atoms with E-state index >= 15 is 0 Å². The van der Waals surface area contributed by atoms with Crippen molar-refractivity contribution in [2.45, 2.75) is 69.5 Å². The second-order valence-electron chi connectivity index (χ2n) is 10.6. The molecule has 2 amide bonds. The van der Waals surface area contributed by atoms with Crippen molar-refractivity contribution in [3.8, 4) is 0 Å². The summed E-state index contributed by atoms with van der Waals surface area (Å²) in [6.45, 7) is 2.90. The Hall–Kier alpha value is -2.78. The Morgan fingerprint density at radius 3 is 2.17 bits per heavy atom. The molecule has 4 rings (SSSR count). The largest absolute Gasteiger partial charge is 0.352 e. The maximum atomic E-state index is 14.1. The first-order valence-electron chi connectivity index (χ1n) is 13.8. The molecule has 7 nitrogen and oxygen atoms in total. The number of nitrogens with zero attached hydrogens (tertiary/aromatic N) is 2. The molecule has 42 heavy (non-hydrogen) atoms. The van der Waals surface area contributed by atoms with Crippen molar-refractivity contribution in [3.05, 3.63) is 92.9 Å². The molecule has 1 fully saturated rings. The van der Waals surface area contributed by atoms with Crippen LogP contribution in [0.2, 0.25) is 15.1 Å². The van der Waals surface area contributed by atoms with Crippen LogP contribution < -0.4 is 9.62 Å². The highest BCUT2D eigenvalue weighted by Crippen LogP contribution is 2.30. The van der Waals surface area contributed by atoms with Crippen LogP contribution in [-0.4, -0.2) is 43.8 Å². The van der Waals surface area contributed by atoms with Gasteiger partial charge >= 0.3 is 0 Å². The molecule has 3 aromatic carbocycles. The number of benzene rings is 3. The van der Waals surface area contributed by atoms with E-state index in [0.29, 0.717) is 10.6 Å². The third-order valence-corrected chi connectivity index (χ3v) is 10.0. The first kappa shape index (κ1) is 32.1. The van der Waals surface area contributed by atoms with E-state index in [1.807, 2.05) is 6.92 Å². The van der Waals surface area contributed by atoms with Gasteiger partial charge in [-0.3, -0.25) is 13.9 Å². The number of carbonyl (C=O) groups is 2. The Kier molecular flexibility index (Phi) is 10.8. The lowest BCUT2D eigenvalue weighted by atomic mass is 9.95. The zero-order valence-electron chi connectivity index (χ0n) is 23.5. The third kappa shape index (κ3) is 7.98. The topological polar surface area (TPSA) is 86.8 Å². The molecule has 0 bridgehead atoms. The first-order valence-corrected chi connectivity index (χ1v) is 16.4. The van der Waals surface area contributed by atoms with Gasteiger partial charge in [0.25, 0.3) is 10.0 Å². The number of nitrogens with one attached hydrogen (secondary N) is 1. The number of carbonyl (C=O) groups excluding carboxylic acids is 2. The number of halogens is 3. The molecule has 1 aliphatic rings. The van der Waals surface area contributed by atoms with E-state index in [-0.39, 0.29) is 39.1 Å². The standard InChI is InChI=1S/C31H34Cl3N3O4S/c1-21-12-14-28(15-13-21)42(40,41)37(27-17-24(32)16-25(33)18-27)20-30(38)36(19-23-8-6-7-11-29(23)34)22(2)31(39)35-26-9-4-3-5-10-26/h6-8,11-18,22,26H,3-5,9-10,19-20H2,1-2H3,(H,35,39). The molecule has 224 valence electrons. The minimum atomic E-state index is -4.24. The van der Waals surface area contributed by atoms with Crippen LogP contribution in [0.1, 0.15) is 50.2 Å². The summed E-state index contributed by atoms with van der Waals surface area (Å²) in [5.74, 6) is -0.894. The van der Waals surface area contributed by atoms with E-state index < -0.39 is 28.5 Å². The van der Waals surface area contributed by atoms with Crippen molar-refractivity contribution in [1.82, 2.24) is 10.2 Å². The van der Waals surface area contributed by atoms with Crippen LogP contribution in [0.25, 0.3) is 0 Å². The highest BCUT2D eigenvalue weighted by Gasteiger charge is 2.33. The fourth-order valence-corrected chi connectivity index (χ4v) is 7.12. The predicted octanol–water partition coefficient (Wildman–Crippen LogP) is 7.02. The van der Waals surface area contributed by atoms with Gasteiger partial charge in [0.05, 0.1) is 10.6 Å². The molecule has 1 atom stereocenters. The highest BCUT2D eigenvalue weighted by atomic mass is 35.5. The molecule has 0 heterocycles. The predicted molar refractivity (Wildman–Crippen MR) is 169 cm³/mol. The van der Waals surface area contributed by atoms with E-state index in [0.717, 1.165) is 42.0 Å².